The summed E-state index contributed by atoms with van der Waals surface area (Å²) in [5.41, 5.74) is 0. The van der Waals surface area contributed by atoms with Gasteiger partial charge in [0.05, 0.1) is 24.0 Å². The molecule has 0 amide bonds. The van der Waals surface area contributed by atoms with Gasteiger partial charge in [-0.25, -0.2) is 4.79 Å². The fourth-order valence-corrected chi connectivity index (χ4v) is 1.76. The van der Waals surface area contributed by atoms with Crippen LogP contribution in [0.25, 0.3) is 10.8 Å². The third kappa shape index (κ3) is 1.99. The first-order valence-corrected chi connectivity index (χ1v) is 5.54. The smallest absolute Gasteiger partial charge is 0.372 e. The summed E-state index contributed by atoms with van der Waals surface area (Å²) in [6.07, 6.45) is -0.104. The molecule has 1 N–H and O–H groups in total. The Morgan fingerprint density at radius 2 is 2.11 bits per heavy atom. The molecule has 0 aliphatic rings. The molecule has 1 heterocycles. The van der Waals surface area contributed by atoms with Crippen molar-refractivity contribution in [3.63, 3.8) is 0 Å². The molecular formula is C13H14O5. The minimum atomic E-state index is -1.15. The van der Waals surface area contributed by atoms with E-state index in [1.165, 1.54) is 7.11 Å². The summed E-state index contributed by atoms with van der Waals surface area (Å²) in [6.45, 7) is 3.68. The molecular weight excluding hydrogens is 236 g/mol. The molecule has 18 heavy (non-hydrogen) atoms. The van der Waals surface area contributed by atoms with Gasteiger partial charge in [-0.15, -0.1) is 0 Å². The number of carbonyl (C=O) groups is 1. The first-order chi connectivity index (χ1) is 8.54. The second-order valence-corrected chi connectivity index (χ2v) is 4.07. The van der Waals surface area contributed by atoms with Crippen molar-refractivity contribution in [2.75, 3.05) is 7.11 Å². The molecule has 2 aromatic rings. The highest BCUT2D eigenvalue weighted by Crippen LogP contribution is 2.38. The number of aromatic carboxylic acids is 1. The van der Waals surface area contributed by atoms with Gasteiger partial charge in [-0.1, -0.05) is 6.07 Å². The molecule has 0 saturated carbocycles. The van der Waals surface area contributed by atoms with Crippen LogP contribution in [0.5, 0.6) is 11.7 Å². The van der Waals surface area contributed by atoms with E-state index in [9.17, 15) is 4.79 Å². The van der Waals surface area contributed by atoms with Crippen LogP contribution < -0.4 is 9.47 Å². The lowest BCUT2D eigenvalue weighted by atomic mass is 10.1. The van der Waals surface area contributed by atoms with Gasteiger partial charge in [0, 0.05) is 0 Å². The van der Waals surface area contributed by atoms with E-state index < -0.39 is 5.97 Å². The summed E-state index contributed by atoms with van der Waals surface area (Å²) in [7, 11) is 1.48. The quantitative estimate of drug-likeness (QED) is 0.903. The van der Waals surface area contributed by atoms with Crippen molar-refractivity contribution >= 4 is 16.7 Å². The lowest BCUT2D eigenvalue weighted by Crippen LogP contribution is -2.04. The average molecular weight is 250 g/mol. The number of fused-ring (bicyclic) bond motifs is 1. The van der Waals surface area contributed by atoms with E-state index in [0.717, 1.165) is 0 Å². The van der Waals surface area contributed by atoms with Crippen molar-refractivity contribution in [3.05, 3.63) is 24.0 Å². The standard InChI is InChI=1S/C13H14O5/c1-7(2)17-13-8-5-4-6-9(16-3)10(8)11(18-13)12(14)15/h4-7H,1-3H3,(H,14,15). The van der Waals surface area contributed by atoms with Gasteiger partial charge < -0.3 is 19.0 Å². The van der Waals surface area contributed by atoms with Crippen LogP contribution >= 0.6 is 0 Å². The monoisotopic (exact) mass is 250 g/mol. The molecule has 0 radical (unpaired) electrons. The first-order valence-electron chi connectivity index (χ1n) is 5.54. The topological polar surface area (TPSA) is 68.9 Å². The van der Waals surface area contributed by atoms with E-state index in [2.05, 4.69) is 0 Å². The second-order valence-electron chi connectivity index (χ2n) is 4.07. The Kier molecular flexibility index (Phi) is 3.14. The molecule has 0 aliphatic carbocycles. The zero-order valence-electron chi connectivity index (χ0n) is 10.4. The fourth-order valence-electron chi connectivity index (χ4n) is 1.76. The number of benzene rings is 1. The number of carboxylic acids is 1. The van der Waals surface area contributed by atoms with Gasteiger partial charge in [0.15, 0.2) is 0 Å². The number of hydrogen-bond acceptors (Lipinski definition) is 4. The van der Waals surface area contributed by atoms with Crippen molar-refractivity contribution in [1.82, 2.24) is 0 Å². The van der Waals surface area contributed by atoms with Gasteiger partial charge in [-0.2, -0.15) is 0 Å². The molecule has 0 bridgehead atoms. The van der Waals surface area contributed by atoms with Gasteiger partial charge in [-0.3, -0.25) is 0 Å². The Hall–Kier alpha value is -2.17. The molecule has 2 rings (SSSR count). The largest absolute Gasteiger partial charge is 0.496 e. The number of furan rings is 1. The predicted molar refractivity (Wildman–Crippen MR) is 65.5 cm³/mol. The Balaban J connectivity index is 2.72. The van der Waals surface area contributed by atoms with Crippen molar-refractivity contribution in [2.24, 2.45) is 0 Å². The summed E-state index contributed by atoms with van der Waals surface area (Å²) in [6, 6.07) is 5.18. The molecule has 0 fully saturated rings. The first kappa shape index (κ1) is 12.3. The number of hydrogen-bond donors (Lipinski definition) is 1. The van der Waals surface area contributed by atoms with Crippen LogP contribution in [0, 0.1) is 0 Å². The van der Waals surface area contributed by atoms with E-state index in [0.29, 0.717) is 16.5 Å². The number of methoxy groups -OCH3 is 1. The molecule has 5 heteroatoms. The SMILES string of the molecule is COc1cccc2c(OC(C)C)oc(C(=O)O)c12. The summed E-state index contributed by atoms with van der Waals surface area (Å²) in [5, 5.41) is 10.2. The molecule has 0 unspecified atom stereocenters. The maximum Gasteiger partial charge on any atom is 0.372 e. The normalized spacial score (nSPS) is 10.9. The van der Waals surface area contributed by atoms with Gasteiger partial charge >= 0.3 is 5.97 Å². The van der Waals surface area contributed by atoms with E-state index in [1.807, 2.05) is 13.8 Å². The molecule has 0 atom stereocenters. The van der Waals surface area contributed by atoms with Crippen molar-refractivity contribution in [1.29, 1.82) is 0 Å². The molecule has 0 aliphatic heterocycles. The predicted octanol–water partition coefficient (Wildman–Crippen LogP) is 2.93. The Morgan fingerprint density at radius 1 is 1.39 bits per heavy atom. The van der Waals surface area contributed by atoms with Crippen LogP contribution in [0.1, 0.15) is 24.4 Å². The Bertz CT molecular complexity index is 582. The van der Waals surface area contributed by atoms with Gasteiger partial charge in [0.2, 0.25) is 5.76 Å². The molecule has 5 nitrogen and oxygen atoms in total. The van der Waals surface area contributed by atoms with Gasteiger partial charge in [-0.05, 0) is 26.0 Å². The highest BCUT2D eigenvalue weighted by atomic mass is 16.6. The minimum absolute atomic E-state index is 0.104. The van der Waals surface area contributed by atoms with Crippen LogP contribution in [0.15, 0.2) is 22.6 Å². The van der Waals surface area contributed by atoms with E-state index in [4.69, 9.17) is 19.0 Å². The third-order valence-electron chi connectivity index (χ3n) is 2.42. The van der Waals surface area contributed by atoms with Crippen LogP contribution in [0.3, 0.4) is 0 Å². The maximum absolute atomic E-state index is 11.2. The maximum atomic E-state index is 11.2. The average Bonchev–Trinajstić information content (AvgIpc) is 2.67. The summed E-state index contributed by atoms with van der Waals surface area (Å²) >= 11 is 0. The molecule has 0 saturated heterocycles. The fraction of sp³-hybridized carbons (Fsp3) is 0.308. The zero-order chi connectivity index (χ0) is 13.3. The van der Waals surface area contributed by atoms with Gasteiger partial charge in [0.1, 0.15) is 5.75 Å². The van der Waals surface area contributed by atoms with Crippen molar-refractivity contribution in [2.45, 2.75) is 20.0 Å². The van der Waals surface area contributed by atoms with Crippen LogP contribution in [0.2, 0.25) is 0 Å². The zero-order valence-corrected chi connectivity index (χ0v) is 10.4. The molecule has 1 aromatic heterocycles. The summed E-state index contributed by atoms with van der Waals surface area (Å²) in [4.78, 5) is 11.2. The minimum Gasteiger partial charge on any atom is -0.496 e. The summed E-state index contributed by atoms with van der Waals surface area (Å²) in [5.74, 6) is -0.662. The van der Waals surface area contributed by atoms with E-state index >= 15 is 0 Å². The Labute approximate surface area is 104 Å². The molecule has 96 valence electrons. The highest BCUT2D eigenvalue weighted by molar-refractivity contribution is 6.06. The van der Waals surface area contributed by atoms with E-state index in [1.54, 1.807) is 18.2 Å². The second kappa shape index (κ2) is 4.60. The van der Waals surface area contributed by atoms with Crippen LogP contribution in [-0.4, -0.2) is 24.3 Å². The van der Waals surface area contributed by atoms with Crippen molar-refractivity contribution < 1.29 is 23.8 Å². The Morgan fingerprint density at radius 3 is 2.67 bits per heavy atom. The van der Waals surface area contributed by atoms with Crippen molar-refractivity contribution in [3.8, 4) is 11.7 Å². The summed E-state index contributed by atoms with van der Waals surface area (Å²) < 4.78 is 15.9. The van der Waals surface area contributed by atoms with E-state index in [-0.39, 0.29) is 17.8 Å². The lowest BCUT2D eigenvalue weighted by molar-refractivity contribution is 0.0652. The van der Waals surface area contributed by atoms with Crippen LogP contribution in [0.4, 0.5) is 0 Å². The molecule has 0 spiro atoms. The highest BCUT2D eigenvalue weighted by Gasteiger charge is 2.23. The number of carboxylic acid groups (broad SMARTS) is 1. The lowest BCUT2D eigenvalue weighted by Gasteiger charge is -2.06. The van der Waals surface area contributed by atoms with Crippen LogP contribution in [-0.2, 0) is 0 Å². The van der Waals surface area contributed by atoms with Gasteiger partial charge in [0.25, 0.3) is 5.95 Å². The molecule has 1 aromatic carbocycles. The number of ether oxygens (including phenoxy) is 2. The third-order valence-corrected chi connectivity index (χ3v) is 2.42. The number of rotatable bonds is 4.